The van der Waals surface area contributed by atoms with E-state index in [0.29, 0.717) is 12.1 Å². The van der Waals surface area contributed by atoms with Gasteiger partial charge in [0.15, 0.2) is 11.6 Å². The third-order valence-corrected chi connectivity index (χ3v) is 4.06. The molecule has 2 aromatic carbocycles. The summed E-state index contributed by atoms with van der Waals surface area (Å²) in [4.78, 5) is 0. The topological polar surface area (TPSA) is 46.3 Å². The van der Waals surface area contributed by atoms with E-state index in [9.17, 15) is 10.3 Å². The number of hydrogen-bond donors (Lipinski definition) is 1. The van der Waals surface area contributed by atoms with Crippen molar-refractivity contribution in [1.82, 2.24) is 0 Å². The second kappa shape index (κ2) is 5.01. The number of hydrogen-bond acceptors (Lipinski definition) is 2. The number of benzene rings is 2. The van der Waals surface area contributed by atoms with Gasteiger partial charge in [-0.05, 0) is 17.2 Å². The summed E-state index contributed by atoms with van der Waals surface area (Å²) in [6, 6.07) is 17.1. The number of nitrogens with zero attached hydrogens (tertiary/aromatic N) is 1. The molecule has 1 heterocycles. The SMILES string of the molecule is CC1(C)Cc2ccccc2C(C(O)c2ccccc2)=[N+]1[O-]. The lowest BCUT2D eigenvalue weighted by Gasteiger charge is -2.33. The van der Waals surface area contributed by atoms with Gasteiger partial charge < -0.3 is 10.3 Å². The number of fused-ring (bicyclic) bond motifs is 1. The molecule has 0 saturated carbocycles. The lowest BCUT2D eigenvalue weighted by molar-refractivity contribution is -0.544. The third kappa shape index (κ3) is 2.34. The summed E-state index contributed by atoms with van der Waals surface area (Å²) < 4.78 is 0.979. The van der Waals surface area contributed by atoms with Gasteiger partial charge in [0.05, 0.1) is 0 Å². The van der Waals surface area contributed by atoms with E-state index in [1.165, 1.54) is 0 Å². The summed E-state index contributed by atoms with van der Waals surface area (Å²) in [6.07, 6.45) is -0.234. The van der Waals surface area contributed by atoms with Gasteiger partial charge in [-0.25, -0.2) is 4.74 Å². The maximum Gasteiger partial charge on any atom is 0.228 e. The van der Waals surface area contributed by atoms with Crippen LogP contribution >= 0.6 is 0 Å². The van der Waals surface area contributed by atoms with E-state index < -0.39 is 11.6 Å². The molecule has 0 saturated heterocycles. The normalized spacial score (nSPS) is 18.2. The van der Waals surface area contributed by atoms with Gasteiger partial charge >= 0.3 is 0 Å². The Balaban J connectivity index is 2.18. The maximum absolute atomic E-state index is 12.7. The highest BCUT2D eigenvalue weighted by Crippen LogP contribution is 2.30. The smallest absolute Gasteiger partial charge is 0.228 e. The molecule has 0 aliphatic carbocycles. The second-order valence-corrected chi connectivity index (χ2v) is 6.14. The highest BCUT2D eigenvalue weighted by Gasteiger charge is 2.40. The standard InChI is InChI=1S/C18H19NO2/c1-18(2)12-14-10-6-7-11-15(14)16(19(18)21)17(20)13-8-4-3-5-9-13/h3-11,17,20H,12H2,1-2H3. The highest BCUT2D eigenvalue weighted by molar-refractivity contribution is 6.02. The number of hydroxylamine groups is 1. The molecule has 0 bridgehead atoms. The molecule has 1 aliphatic rings. The van der Waals surface area contributed by atoms with Crippen molar-refractivity contribution >= 4 is 5.71 Å². The summed E-state index contributed by atoms with van der Waals surface area (Å²) in [7, 11) is 0. The largest absolute Gasteiger partial charge is 0.623 e. The lowest BCUT2D eigenvalue weighted by Crippen LogP contribution is -2.45. The van der Waals surface area contributed by atoms with Crippen LogP contribution in [0.4, 0.5) is 0 Å². The predicted octanol–water partition coefficient (Wildman–Crippen LogP) is 3.05. The summed E-state index contributed by atoms with van der Waals surface area (Å²) in [5, 5.41) is 23.5. The number of aliphatic hydroxyl groups is 1. The Morgan fingerprint density at radius 1 is 1.05 bits per heavy atom. The average molecular weight is 281 g/mol. The average Bonchev–Trinajstić information content (AvgIpc) is 2.48. The van der Waals surface area contributed by atoms with E-state index in [0.717, 1.165) is 21.4 Å². The molecule has 0 fully saturated rings. The van der Waals surface area contributed by atoms with Crippen LogP contribution in [0.15, 0.2) is 54.6 Å². The van der Waals surface area contributed by atoms with Crippen LogP contribution in [0, 0.1) is 5.21 Å². The minimum atomic E-state index is -0.913. The van der Waals surface area contributed by atoms with Crippen LogP contribution in [0.25, 0.3) is 0 Å². The molecule has 21 heavy (non-hydrogen) atoms. The molecule has 0 amide bonds. The summed E-state index contributed by atoms with van der Waals surface area (Å²) in [5.41, 5.74) is 2.58. The van der Waals surface area contributed by atoms with Crippen LogP contribution in [0.3, 0.4) is 0 Å². The first-order valence-corrected chi connectivity index (χ1v) is 7.16. The second-order valence-electron chi connectivity index (χ2n) is 6.14. The van der Waals surface area contributed by atoms with Crippen molar-refractivity contribution in [2.24, 2.45) is 0 Å². The molecule has 2 aromatic rings. The first kappa shape index (κ1) is 13.8. The zero-order chi connectivity index (χ0) is 15.0. The van der Waals surface area contributed by atoms with Crippen molar-refractivity contribution in [3.8, 4) is 0 Å². The molecule has 3 nitrogen and oxygen atoms in total. The van der Waals surface area contributed by atoms with Crippen molar-refractivity contribution in [3.05, 3.63) is 76.5 Å². The molecule has 0 spiro atoms. The van der Waals surface area contributed by atoms with Crippen molar-refractivity contribution in [2.75, 3.05) is 0 Å². The molecule has 1 atom stereocenters. The Morgan fingerprint density at radius 3 is 2.38 bits per heavy atom. The molecule has 1 unspecified atom stereocenters. The van der Waals surface area contributed by atoms with Crippen LogP contribution < -0.4 is 0 Å². The van der Waals surface area contributed by atoms with Crippen LogP contribution in [-0.4, -0.2) is 21.1 Å². The van der Waals surface area contributed by atoms with E-state index >= 15 is 0 Å². The molecular weight excluding hydrogens is 262 g/mol. The summed E-state index contributed by atoms with van der Waals surface area (Å²) in [6.45, 7) is 3.82. The van der Waals surface area contributed by atoms with Crippen molar-refractivity contribution in [3.63, 3.8) is 0 Å². The predicted molar refractivity (Wildman–Crippen MR) is 83.4 cm³/mol. The quantitative estimate of drug-likeness (QED) is 0.679. The zero-order valence-electron chi connectivity index (χ0n) is 12.3. The highest BCUT2D eigenvalue weighted by atomic mass is 16.5. The Morgan fingerprint density at radius 2 is 1.67 bits per heavy atom. The third-order valence-electron chi connectivity index (χ3n) is 4.06. The van der Waals surface area contributed by atoms with Crippen LogP contribution in [0.2, 0.25) is 0 Å². The molecule has 1 N–H and O–H groups in total. The maximum atomic E-state index is 12.7. The van der Waals surface area contributed by atoms with Crippen LogP contribution in [-0.2, 0) is 6.42 Å². The fourth-order valence-electron chi connectivity index (χ4n) is 2.95. The van der Waals surface area contributed by atoms with Gasteiger partial charge in [0.1, 0.15) is 0 Å². The Kier molecular flexibility index (Phi) is 3.30. The fourth-order valence-corrected chi connectivity index (χ4v) is 2.95. The van der Waals surface area contributed by atoms with Gasteiger partial charge in [-0.2, -0.15) is 0 Å². The van der Waals surface area contributed by atoms with Crippen LogP contribution in [0.1, 0.15) is 36.6 Å². The van der Waals surface area contributed by atoms with E-state index in [-0.39, 0.29) is 0 Å². The van der Waals surface area contributed by atoms with E-state index in [2.05, 4.69) is 0 Å². The fraction of sp³-hybridized carbons (Fsp3) is 0.278. The minimum absolute atomic E-state index is 0.438. The molecule has 3 heteroatoms. The molecular formula is C18H19NO2. The van der Waals surface area contributed by atoms with Gasteiger partial charge in [0, 0.05) is 25.8 Å². The van der Waals surface area contributed by atoms with Crippen molar-refractivity contribution in [2.45, 2.75) is 31.9 Å². The lowest BCUT2D eigenvalue weighted by atomic mass is 9.84. The van der Waals surface area contributed by atoms with E-state index in [1.807, 2.05) is 68.4 Å². The Bertz CT molecular complexity index is 689. The summed E-state index contributed by atoms with van der Waals surface area (Å²) >= 11 is 0. The first-order valence-electron chi connectivity index (χ1n) is 7.16. The Labute approximate surface area is 124 Å². The zero-order valence-corrected chi connectivity index (χ0v) is 12.3. The molecule has 0 aromatic heterocycles. The van der Waals surface area contributed by atoms with Crippen molar-refractivity contribution in [1.29, 1.82) is 0 Å². The van der Waals surface area contributed by atoms with Gasteiger partial charge in [-0.15, -0.1) is 0 Å². The van der Waals surface area contributed by atoms with Gasteiger partial charge in [-0.3, -0.25) is 0 Å². The molecule has 108 valence electrons. The summed E-state index contributed by atoms with van der Waals surface area (Å²) in [5.74, 6) is 0. The van der Waals surface area contributed by atoms with Crippen molar-refractivity contribution < 1.29 is 9.85 Å². The van der Waals surface area contributed by atoms with Gasteiger partial charge in [0.2, 0.25) is 5.71 Å². The van der Waals surface area contributed by atoms with E-state index in [1.54, 1.807) is 0 Å². The Hall–Kier alpha value is -2.13. The van der Waals surface area contributed by atoms with E-state index in [4.69, 9.17) is 0 Å². The molecule has 0 radical (unpaired) electrons. The van der Waals surface area contributed by atoms with Gasteiger partial charge in [0.25, 0.3) is 0 Å². The molecule has 1 aliphatic heterocycles. The van der Waals surface area contributed by atoms with Crippen LogP contribution in [0.5, 0.6) is 0 Å². The van der Waals surface area contributed by atoms with Gasteiger partial charge in [-0.1, -0.05) is 48.5 Å². The number of aliphatic hydroxyl groups excluding tert-OH is 1. The number of rotatable bonds is 2. The first-order chi connectivity index (χ1) is 10.0. The minimum Gasteiger partial charge on any atom is -0.623 e. The molecule has 3 rings (SSSR count). The monoisotopic (exact) mass is 281 g/mol.